The smallest absolute Gasteiger partial charge is 0.155 e. The average Bonchev–Trinajstić information content (AvgIpc) is 2.34. The van der Waals surface area contributed by atoms with Crippen molar-refractivity contribution in [3.8, 4) is 0 Å². The Morgan fingerprint density at radius 1 is 1.60 bits per heavy atom. The van der Waals surface area contributed by atoms with Crippen LogP contribution in [0.1, 0.15) is 25.5 Å². The molecule has 1 aromatic heterocycles. The van der Waals surface area contributed by atoms with Gasteiger partial charge in [-0.25, -0.2) is 0 Å². The van der Waals surface area contributed by atoms with Crippen LogP contribution in [-0.2, 0) is 0 Å². The molecule has 0 spiro atoms. The quantitative estimate of drug-likeness (QED) is 0.611. The topological polar surface area (TPSA) is 26.0 Å². The second kappa shape index (κ2) is 3.16. The highest BCUT2D eigenvalue weighted by Crippen LogP contribution is 2.12. The standard InChI is InChI=1S/C7H12NOP/c1-5(2)6-4-7(10-3)9-8-6/h4-5,10H,1-3H3. The Morgan fingerprint density at radius 3 is 2.60 bits per heavy atom. The molecule has 1 unspecified atom stereocenters. The van der Waals surface area contributed by atoms with Gasteiger partial charge in [0.25, 0.3) is 0 Å². The fraction of sp³-hybridized carbons (Fsp3) is 0.571. The van der Waals surface area contributed by atoms with Crippen LogP contribution in [0.3, 0.4) is 0 Å². The number of rotatable bonds is 2. The van der Waals surface area contributed by atoms with Crippen LogP contribution in [0.25, 0.3) is 0 Å². The van der Waals surface area contributed by atoms with Crippen LogP contribution in [0.2, 0.25) is 0 Å². The molecule has 2 nitrogen and oxygen atoms in total. The Morgan fingerprint density at radius 2 is 2.30 bits per heavy atom. The summed E-state index contributed by atoms with van der Waals surface area (Å²) in [4.78, 5) is 0. The van der Waals surface area contributed by atoms with Crippen molar-refractivity contribution in [2.24, 2.45) is 0 Å². The minimum Gasteiger partial charge on any atom is -0.357 e. The number of nitrogens with zero attached hydrogens (tertiary/aromatic N) is 1. The fourth-order valence-electron chi connectivity index (χ4n) is 0.679. The maximum absolute atomic E-state index is 5.04. The monoisotopic (exact) mass is 157 g/mol. The molecule has 1 aromatic rings. The van der Waals surface area contributed by atoms with Crippen molar-refractivity contribution < 1.29 is 4.52 Å². The van der Waals surface area contributed by atoms with Gasteiger partial charge in [0.1, 0.15) is 0 Å². The second-order valence-electron chi connectivity index (χ2n) is 2.52. The largest absolute Gasteiger partial charge is 0.357 e. The van der Waals surface area contributed by atoms with E-state index in [4.69, 9.17) is 4.52 Å². The molecule has 56 valence electrons. The number of hydrogen-bond donors (Lipinski definition) is 0. The minimum atomic E-state index is 0.480. The van der Waals surface area contributed by atoms with Gasteiger partial charge in [0.2, 0.25) is 0 Å². The lowest BCUT2D eigenvalue weighted by Crippen LogP contribution is -1.86. The highest BCUT2D eigenvalue weighted by atomic mass is 31.1. The maximum atomic E-state index is 5.04. The van der Waals surface area contributed by atoms with Gasteiger partial charge in [-0.3, -0.25) is 0 Å². The van der Waals surface area contributed by atoms with Crippen molar-refractivity contribution in [3.63, 3.8) is 0 Å². The highest BCUT2D eigenvalue weighted by molar-refractivity contribution is 7.45. The molecule has 1 rings (SSSR count). The summed E-state index contributed by atoms with van der Waals surface area (Å²) in [5.41, 5.74) is 2.06. The molecule has 0 aliphatic rings. The van der Waals surface area contributed by atoms with Crippen molar-refractivity contribution in [3.05, 3.63) is 11.8 Å². The SMILES string of the molecule is CPc1cc(C(C)C)no1. The molecule has 0 saturated carbocycles. The van der Waals surface area contributed by atoms with Gasteiger partial charge in [0.15, 0.2) is 5.50 Å². The predicted molar refractivity (Wildman–Crippen MR) is 44.5 cm³/mol. The van der Waals surface area contributed by atoms with Crippen molar-refractivity contribution in [1.29, 1.82) is 0 Å². The van der Waals surface area contributed by atoms with Crippen LogP contribution in [-0.4, -0.2) is 11.8 Å². The normalized spacial score (nSPS) is 12.0. The van der Waals surface area contributed by atoms with E-state index >= 15 is 0 Å². The van der Waals surface area contributed by atoms with Crippen molar-refractivity contribution in [1.82, 2.24) is 5.16 Å². The first kappa shape index (κ1) is 7.74. The first-order valence-electron chi connectivity index (χ1n) is 3.38. The number of aromatic nitrogens is 1. The van der Waals surface area contributed by atoms with Crippen LogP contribution in [0.5, 0.6) is 0 Å². The lowest BCUT2D eigenvalue weighted by atomic mass is 10.1. The van der Waals surface area contributed by atoms with E-state index in [1.54, 1.807) is 0 Å². The summed E-state index contributed by atoms with van der Waals surface area (Å²) >= 11 is 0. The molecule has 1 atom stereocenters. The molecular formula is C7H12NOP. The average molecular weight is 157 g/mol. The van der Waals surface area contributed by atoms with Crippen LogP contribution in [0.4, 0.5) is 0 Å². The molecule has 0 aliphatic carbocycles. The Bertz CT molecular complexity index is 207. The molecule has 3 heteroatoms. The third-order valence-electron chi connectivity index (χ3n) is 1.37. The molecule has 0 bridgehead atoms. The van der Waals surface area contributed by atoms with E-state index < -0.39 is 0 Å². The summed E-state index contributed by atoms with van der Waals surface area (Å²) in [6, 6.07) is 2.03. The second-order valence-corrected chi connectivity index (χ2v) is 3.51. The molecule has 0 N–H and O–H groups in total. The van der Waals surface area contributed by atoms with Gasteiger partial charge in [0.05, 0.1) is 5.69 Å². The van der Waals surface area contributed by atoms with E-state index in [2.05, 4.69) is 25.7 Å². The first-order chi connectivity index (χ1) is 4.74. The lowest BCUT2D eigenvalue weighted by molar-refractivity contribution is 0.433. The van der Waals surface area contributed by atoms with E-state index in [-0.39, 0.29) is 0 Å². The zero-order valence-corrected chi connectivity index (χ0v) is 7.51. The minimum absolute atomic E-state index is 0.480. The third kappa shape index (κ3) is 1.57. The Kier molecular flexibility index (Phi) is 2.44. The van der Waals surface area contributed by atoms with Crippen LogP contribution >= 0.6 is 8.58 Å². The summed E-state index contributed by atoms with van der Waals surface area (Å²) in [6.07, 6.45) is 0. The Hall–Kier alpha value is -0.360. The zero-order chi connectivity index (χ0) is 7.56. The van der Waals surface area contributed by atoms with Gasteiger partial charge in [-0.15, -0.1) is 0 Å². The third-order valence-corrected chi connectivity index (χ3v) is 2.09. The molecule has 0 fully saturated rings. The molecule has 0 saturated heterocycles. The molecular weight excluding hydrogens is 145 g/mol. The van der Waals surface area contributed by atoms with E-state index in [0.717, 1.165) is 11.2 Å². The maximum Gasteiger partial charge on any atom is 0.155 e. The Balaban J connectivity index is 2.78. The Labute approximate surface area is 62.8 Å². The highest BCUT2D eigenvalue weighted by Gasteiger charge is 2.04. The van der Waals surface area contributed by atoms with Gasteiger partial charge in [-0.1, -0.05) is 27.6 Å². The fourth-order valence-corrected chi connectivity index (χ4v) is 1.11. The number of hydrogen-bond acceptors (Lipinski definition) is 2. The van der Waals surface area contributed by atoms with Gasteiger partial charge in [0, 0.05) is 6.07 Å². The van der Waals surface area contributed by atoms with Crippen molar-refractivity contribution in [2.45, 2.75) is 19.8 Å². The molecule has 1 heterocycles. The van der Waals surface area contributed by atoms with Crippen LogP contribution in [0, 0.1) is 0 Å². The van der Waals surface area contributed by atoms with E-state index in [0.29, 0.717) is 14.5 Å². The van der Waals surface area contributed by atoms with Crippen LogP contribution < -0.4 is 5.50 Å². The molecule has 0 aromatic carbocycles. The van der Waals surface area contributed by atoms with Gasteiger partial charge in [-0.2, -0.15) is 0 Å². The molecule has 0 aliphatic heterocycles. The lowest BCUT2D eigenvalue weighted by Gasteiger charge is -1.92. The van der Waals surface area contributed by atoms with Gasteiger partial charge >= 0.3 is 0 Å². The summed E-state index contributed by atoms with van der Waals surface area (Å²) in [5.74, 6) is 0.480. The van der Waals surface area contributed by atoms with E-state index in [9.17, 15) is 0 Å². The summed E-state index contributed by atoms with van der Waals surface area (Å²) in [6.45, 7) is 6.31. The molecule has 10 heavy (non-hydrogen) atoms. The van der Waals surface area contributed by atoms with Gasteiger partial charge < -0.3 is 4.52 Å². The molecule has 0 radical (unpaired) electrons. The van der Waals surface area contributed by atoms with E-state index in [1.807, 2.05) is 6.07 Å². The summed E-state index contributed by atoms with van der Waals surface area (Å²) in [5, 5.41) is 3.92. The summed E-state index contributed by atoms with van der Waals surface area (Å²) in [7, 11) is 0.714. The zero-order valence-electron chi connectivity index (χ0n) is 6.51. The predicted octanol–water partition coefficient (Wildman–Crippen LogP) is 1.73. The molecule has 0 amide bonds. The summed E-state index contributed by atoms with van der Waals surface area (Å²) < 4.78 is 5.04. The van der Waals surface area contributed by atoms with Crippen LogP contribution in [0.15, 0.2) is 10.6 Å². The van der Waals surface area contributed by atoms with Crippen molar-refractivity contribution in [2.75, 3.05) is 6.66 Å². The van der Waals surface area contributed by atoms with Gasteiger partial charge in [-0.05, 0) is 12.6 Å². The van der Waals surface area contributed by atoms with Crippen molar-refractivity contribution >= 4 is 14.1 Å². The van der Waals surface area contributed by atoms with E-state index in [1.165, 1.54) is 0 Å². The first-order valence-corrected chi connectivity index (χ1v) is 4.88.